The van der Waals surface area contributed by atoms with Gasteiger partial charge in [-0.3, -0.25) is 0 Å². The summed E-state index contributed by atoms with van der Waals surface area (Å²) in [4.78, 5) is 4.51. The highest BCUT2D eigenvalue weighted by Crippen LogP contribution is 2.35. The first-order chi connectivity index (χ1) is 14.5. The molecule has 4 heteroatoms. The van der Waals surface area contributed by atoms with Gasteiger partial charge in [-0.2, -0.15) is 0 Å². The fraction of sp³-hybridized carbons (Fsp3) is 0.192. The lowest BCUT2D eigenvalue weighted by molar-refractivity contribution is 0.977. The topological polar surface area (TPSA) is 50.4 Å². The van der Waals surface area contributed by atoms with E-state index in [9.17, 15) is 0 Å². The Hall–Kier alpha value is -3.04. The third kappa shape index (κ3) is 5.98. The number of aliphatic imine (C=N–C) groups is 1. The maximum absolute atomic E-state index is 6.09. The number of rotatable bonds is 9. The quantitative estimate of drug-likeness (QED) is 0.358. The van der Waals surface area contributed by atoms with Gasteiger partial charge in [0, 0.05) is 23.5 Å². The Morgan fingerprint density at radius 2 is 1.90 bits per heavy atom. The molecule has 1 saturated carbocycles. The lowest BCUT2D eigenvalue weighted by Crippen LogP contribution is -2.14. The summed E-state index contributed by atoms with van der Waals surface area (Å²) in [5, 5.41) is 3.86. The zero-order valence-corrected chi connectivity index (χ0v) is 18.1. The predicted molar refractivity (Wildman–Crippen MR) is 131 cm³/mol. The number of benzene rings is 2. The molecule has 3 nitrogen and oxygen atoms in total. The van der Waals surface area contributed by atoms with Crippen molar-refractivity contribution in [2.24, 2.45) is 16.6 Å². The number of hydrogen-bond donors (Lipinski definition) is 2. The van der Waals surface area contributed by atoms with E-state index in [0.717, 1.165) is 39.3 Å². The van der Waals surface area contributed by atoms with Crippen LogP contribution in [0.3, 0.4) is 0 Å². The van der Waals surface area contributed by atoms with E-state index in [4.69, 9.17) is 17.3 Å². The Morgan fingerprint density at radius 1 is 1.17 bits per heavy atom. The molecular weight excluding hydrogens is 390 g/mol. The predicted octanol–water partition coefficient (Wildman–Crippen LogP) is 6.57. The summed E-state index contributed by atoms with van der Waals surface area (Å²) in [5.41, 5.74) is 12.5. The van der Waals surface area contributed by atoms with Crippen LogP contribution in [-0.4, -0.2) is 11.7 Å². The highest BCUT2D eigenvalue weighted by atomic mass is 35.5. The minimum absolute atomic E-state index is 0.474. The van der Waals surface area contributed by atoms with Crippen molar-refractivity contribution in [3.05, 3.63) is 96.8 Å². The Labute approximate surface area is 184 Å². The zero-order valence-electron chi connectivity index (χ0n) is 17.4. The monoisotopic (exact) mass is 417 g/mol. The van der Waals surface area contributed by atoms with E-state index in [1.165, 1.54) is 12.8 Å². The highest BCUT2D eigenvalue weighted by molar-refractivity contribution is 6.65. The summed E-state index contributed by atoms with van der Waals surface area (Å²) < 4.78 is 0. The van der Waals surface area contributed by atoms with E-state index in [0.29, 0.717) is 17.6 Å². The number of halogens is 1. The first-order valence-electron chi connectivity index (χ1n) is 10.1. The summed E-state index contributed by atoms with van der Waals surface area (Å²) in [6, 6.07) is 16.2. The van der Waals surface area contributed by atoms with Crippen LogP contribution in [0.5, 0.6) is 0 Å². The average molecular weight is 418 g/mol. The van der Waals surface area contributed by atoms with Crippen LogP contribution in [0, 0.1) is 5.92 Å². The molecule has 0 aliphatic heterocycles. The van der Waals surface area contributed by atoms with Gasteiger partial charge >= 0.3 is 0 Å². The number of nitrogens with zero attached hydrogens (tertiary/aromatic N) is 1. The number of hydrogen-bond acceptors (Lipinski definition) is 3. The molecule has 0 aromatic heterocycles. The van der Waals surface area contributed by atoms with Crippen LogP contribution >= 0.6 is 11.6 Å². The van der Waals surface area contributed by atoms with Crippen molar-refractivity contribution in [2.45, 2.75) is 19.8 Å². The molecule has 0 saturated heterocycles. The van der Waals surface area contributed by atoms with E-state index in [1.54, 1.807) is 6.92 Å². The van der Waals surface area contributed by atoms with Crippen molar-refractivity contribution < 1.29 is 0 Å². The largest absolute Gasteiger partial charge is 0.402 e. The van der Waals surface area contributed by atoms with E-state index in [2.05, 4.69) is 41.7 Å². The Bertz CT molecular complexity index is 1010. The molecule has 2 aromatic carbocycles. The van der Waals surface area contributed by atoms with Gasteiger partial charge in [0.25, 0.3) is 0 Å². The summed E-state index contributed by atoms with van der Waals surface area (Å²) in [7, 11) is 0. The van der Waals surface area contributed by atoms with Crippen LogP contribution in [-0.2, 0) is 0 Å². The van der Waals surface area contributed by atoms with Gasteiger partial charge < -0.3 is 11.1 Å². The first-order valence-corrected chi connectivity index (χ1v) is 10.5. The van der Waals surface area contributed by atoms with Crippen molar-refractivity contribution >= 4 is 28.2 Å². The number of nitrogens with two attached hydrogens (primary N) is 1. The minimum atomic E-state index is 0.474. The fourth-order valence-electron chi connectivity index (χ4n) is 3.19. The van der Waals surface area contributed by atoms with Crippen LogP contribution in [0.15, 0.2) is 96.2 Å². The van der Waals surface area contributed by atoms with Gasteiger partial charge in [0.15, 0.2) is 0 Å². The zero-order chi connectivity index (χ0) is 21.5. The van der Waals surface area contributed by atoms with Crippen LogP contribution in [0.1, 0.15) is 25.3 Å². The van der Waals surface area contributed by atoms with Crippen LogP contribution < -0.4 is 11.1 Å². The SMILES string of the molecule is C=C(/C=C\C=C(/N)C1CC1)CNC(=C)c1c(N=C(C)Cl)cccc1-c1ccccc1. The summed E-state index contributed by atoms with van der Waals surface area (Å²) in [6.45, 7) is 10.7. The van der Waals surface area contributed by atoms with Gasteiger partial charge in [0.1, 0.15) is 5.17 Å². The highest BCUT2D eigenvalue weighted by Gasteiger charge is 2.23. The molecule has 154 valence electrons. The maximum atomic E-state index is 6.09. The second-order valence-electron chi connectivity index (χ2n) is 7.47. The normalized spacial score (nSPS) is 14.7. The molecule has 0 spiro atoms. The van der Waals surface area contributed by atoms with Gasteiger partial charge in [-0.1, -0.05) is 79.4 Å². The molecule has 1 aliphatic rings. The standard InChI is InChI=1S/C26H28ClN3/c1-18(9-7-13-24(28)22-15-16-22)17-29-19(2)26-23(21-10-5-4-6-11-21)12-8-14-25(26)30-20(3)27/h4-14,22,29H,1-2,15-17,28H2,3H3/b9-7-,24-13-,30-20?. The van der Waals surface area contributed by atoms with Crippen molar-refractivity contribution in [3.63, 3.8) is 0 Å². The van der Waals surface area contributed by atoms with Crippen molar-refractivity contribution in [3.8, 4) is 11.1 Å². The van der Waals surface area contributed by atoms with Gasteiger partial charge in [-0.25, -0.2) is 4.99 Å². The average Bonchev–Trinajstić information content (AvgIpc) is 3.57. The van der Waals surface area contributed by atoms with E-state index < -0.39 is 0 Å². The molecule has 0 unspecified atom stereocenters. The fourth-order valence-corrected chi connectivity index (χ4v) is 3.28. The van der Waals surface area contributed by atoms with E-state index in [-0.39, 0.29) is 0 Å². The third-order valence-corrected chi connectivity index (χ3v) is 4.99. The van der Waals surface area contributed by atoms with Crippen LogP contribution in [0.25, 0.3) is 16.8 Å². The molecular formula is C26H28ClN3. The molecule has 0 radical (unpaired) electrons. The molecule has 0 heterocycles. The smallest absolute Gasteiger partial charge is 0.103 e. The summed E-state index contributed by atoms with van der Waals surface area (Å²) in [5.74, 6) is 0.569. The van der Waals surface area contributed by atoms with Gasteiger partial charge in [-0.05, 0) is 54.5 Å². The van der Waals surface area contributed by atoms with Crippen LogP contribution in [0.4, 0.5) is 5.69 Å². The van der Waals surface area contributed by atoms with Gasteiger partial charge in [0.2, 0.25) is 0 Å². The van der Waals surface area contributed by atoms with Gasteiger partial charge in [-0.15, -0.1) is 0 Å². The third-order valence-electron chi connectivity index (χ3n) is 4.90. The molecule has 0 atom stereocenters. The number of nitrogens with one attached hydrogen (secondary N) is 1. The number of allylic oxidation sites excluding steroid dienone is 3. The Balaban J connectivity index is 1.78. The van der Waals surface area contributed by atoms with Crippen LogP contribution in [0.2, 0.25) is 0 Å². The molecule has 1 fully saturated rings. The minimum Gasteiger partial charge on any atom is -0.402 e. The molecule has 1 aliphatic carbocycles. The molecule has 0 amide bonds. The summed E-state index contributed by atoms with van der Waals surface area (Å²) >= 11 is 6.09. The lowest BCUT2D eigenvalue weighted by atomic mass is 9.96. The lowest BCUT2D eigenvalue weighted by Gasteiger charge is -2.17. The molecule has 30 heavy (non-hydrogen) atoms. The van der Waals surface area contributed by atoms with Crippen molar-refractivity contribution in [2.75, 3.05) is 6.54 Å². The molecule has 3 rings (SSSR count). The molecule has 3 N–H and O–H groups in total. The van der Waals surface area contributed by atoms with E-state index >= 15 is 0 Å². The molecule has 2 aromatic rings. The first kappa shape index (κ1) is 21.7. The maximum Gasteiger partial charge on any atom is 0.103 e. The Morgan fingerprint density at radius 3 is 2.57 bits per heavy atom. The second-order valence-corrected chi connectivity index (χ2v) is 8.01. The second kappa shape index (κ2) is 10.1. The van der Waals surface area contributed by atoms with E-state index in [1.807, 2.05) is 48.6 Å². The summed E-state index contributed by atoms with van der Waals surface area (Å²) in [6.07, 6.45) is 8.31. The van der Waals surface area contributed by atoms with Crippen molar-refractivity contribution in [1.82, 2.24) is 5.32 Å². The van der Waals surface area contributed by atoms with Crippen molar-refractivity contribution in [1.29, 1.82) is 0 Å². The molecule has 0 bridgehead atoms. The Kier molecular flexibility index (Phi) is 7.31. The van der Waals surface area contributed by atoms with Gasteiger partial charge in [0.05, 0.1) is 5.69 Å².